The van der Waals surface area contributed by atoms with E-state index in [1.54, 1.807) is 12.1 Å². The van der Waals surface area contributed by atoms with Crippen molar-refractivity contribution in [2.45, 2.75) is 32.0 Å². The molecule has 0 aromatic heterocycles. The lowest BCUT2D eigenvalue weighted by atomic mass is 10.1. The van der Waals surface area contributed by atoms with Gasteiger partial charge in [0.25, 0.3) is 5.69 Å². The van der Waals surface area contributed by atoms with Gasteiger partial charge in [-0.25, -0.2) is 13.4 Å². The second-order valence-corrected chi connectivity index (χ2v) is 9.34. The zero-order valence-electron chi connectivity index (χ0n) is 16.1. The van der Waals surface area contributed by atoms with Crippen LogP contribution in [0.15, 0.2) is 59.6 Å². The van der Waals surface area contributed by atoms with Crippen LogP contribution in [0.3, 0.4) is 0 Å². The van der Waals surface area contributed by atoms with Crippen LogP contribution in [0.5, 0.6) is 0 Å². The number of hydrogen-bond donors (Lipinski definition) is 2. The average Bonchev–Trinajstić information content (AvgIpc) is 3.05. The molecule has 0 spiro atoms. The SMILES string of the molecule is CC(NC(=NCc1ccc([N+](=O)[O-])cc1)NC1CCS(=O)(=O)C1)c1ccccc1. The summed E-state index contributed by atoms with van der Waals surface area (Å²) in [5, 5.41) is 17.3. The summed E-state index contributed by atoms with van der Waals surface area (Å²) in [4.78, 5) is 14.9. The Hall–Kier alpha value is -2.94. The van der Waals surface area contributed by atoms with Gasteiger partial charge in [0, 0.05) is 18.2 Å². The van der Waals surface area contributed by atoms with Gasteiger partial charge in [0.15, 0.2) is 15.8 Å². The third-order valence-electron chi connectivity index (χ3n) is 4.79. The van der Waals surface area contributed by atoms with Gasteiger partial charge in [0.05, 0.1) is 29.0 Å². The van der Waals surface area contributed by atoms with Gasteiger partial charge in [-0.2, -0.15) is 0 Å². The Morgan fingerprint density at radius 1 is 1.21 bits per heavy atom. The maximum atomic E-state index is 11.8. The lowest BCUT2D eigenvalue weighted by Crippen LogP contribution is -2.44. The summed E-state index contributed by atoms with van der Waals surface area (Å²) in [6, 6.07) is 15.9. The summed E-state index contributed by atoms with van der Waals surface area (Å²) in [7, 11) is -3.01. The smallest absolute Gasteiger partial charge is 0.269 e. The molecule has 0 saturated carbocycles. The highest BCUT2D eigenvalue weighted by Gasteiger charge is 2.28. The normalized spacial score (nSPS) is 19.5. The molecule has 9 heteroatoms. The summed E-state index contributed by atoms with van der Waals surface area (Å²) >= 11 is 0. The fourth-order valence-corrected chi connectivity index (χ4v) is 4.83. The first-order chi connectivity index (χ1) is 13.8. The Bertz CT molecular complexity index is 975. The first-order valence-electron chi connectivity index (χ1n) is 9.38. The average molecular weight is 417 g/mol. The van der Waals surface area contributed by atoms with Crippen molar-refractivity contribution in [2.24, 2.45) is 4.99 Å². The van der Waals surface area contributed by atoms with Gasteiger partial charge in [0.1, 0.15) is 0 Å². The molecule has 2 aromatic rings. The van der Waals surface area contributed by atoms with E-state index in [0.717, 1.165) is 11.1 Å². The van der Waals surface area contributed by atoms with Crippen molar-refractivity contribution in [2.75, 3.05) is 11.5 Å². The van der Waals surface area contributed by atoms with Gasteiger partial charge in [-0.05, 0) is 24.5 Å². The fourth-order valence-electron chi connectivity index (χ4n) is 3.16. The van der Waals surface area contributed by atoms with Gasteiger partial charge in [-0.3, -0.25) is 10.1 Å². The summed E-state index contributed by atoms with van der Waals surface area (Å²) in [6.07, 6.45) is 0.542. The number of guanidine groups is 1. The number of sulfone groups is 1. The zero-order chi connectivity index (χ0) is 20.9. The van der Waals surface area contributed by atoms with E-state index < -0.39 is 14.8 Å². The van der Waals surface area contributed by atoms with Gasteiger partial charge >= 0.3 is 0 Å². The van der Waals surface area contributed by atoms with Crippen molar-refractivity contribution in [1.29, 1.82) is 0 Å². The third kappa shape index (κ3) is 6.02. The maximum absolute atomic E-state index is 11.8. The number of benzene rings is 2. The zero-order valence-corrected chi connectivity index (χ0v) is 16.9. The van der Waals surface area contributed by atoms with Crippen molar-refractivity contribution < 1.29 is 13.3 Å². The standard InChI is InChI=1S/C20H24N4O4S/c1-15(17-5-3-2-4-6-17)22-20(23-18-11-12-29(27,28)14-18)21-13-16-7-9-19(10-8-16)24(25)26/h2-10,15,18H,11-14H2,1H3,(H2,21,22,23). The molecule has 3 rings (SSSR count). The Morgan fingerprint density at radius 3 is 2.48 bits per heavy atom. The van der Waals surface area contributed by atoms with E-state index in [9.17, 15) is 18.5 Å². The van der Waals surface area contributed by atoms with Crippen LogP contribution in [-0.4, -0.2) is 36.8 Å². The fraction of sp³-hybridized carbons (Fsp3) is 0.350. The highest BCUT2D eigenvalue weighted by atomic mass is 32.2. The largest absolute Gasteiger partial charge is 0.353 e. The number of aliphatic imine (C=N–C) groups is 1. The molecule has 2 N–H and O–H groups in total. The first kappa shape index (κ1) is 20.8. The van der Waals surface area contributed by atoms with Crippen LogP contribution in [0, 0.1) is 10.1 Å². The van der Waals surface area contributed by atoms with E-state index in [1.807, 2.05) is 37.3 Å². The minimum Gasteiger partial charge on any atom is -0.353 e. The molecule has 0 bridgehead atoms. The predicted molar refractivity (Wildman–Crippen MR) is 112 cm³/mol. The Kier molecular flexibility index (Phi) is 6.48. The molecule has 1 aliphatic rings. The number of hydrogen-bond acceptors (Lipinski definition) is 5. The van der Waals surface area contributed by atoms with Crippen LogP contribution < -0.4 is 10.6 Å². The topological polar surface area (TPSA) is 114 Å². The van der Waals surface area contributed by atoms with Crippen molar-refractivity contribution in [3.63, 3.8) is 0 Å². The Balaban J connectivity index is 1.73. The van der Waals surface area contributed by atoms with Crippen LogP contribution >= 0.6 is 0 Å². The molecule has 0 radical (unpaired) electrons. The molecular formula is C20H24N4O4S. The van der Waals surface area contributed by atoms with E-state index in [2.05, 4.69) is 15.6 Å². The predicted octanol–water partition coefficient (Wildman–Crippen LogP) is 2.58. The van der Waals surface area contributed by atoms with Crippen LogP contribution in [0.4, 0.5) is 5.69 Å². The van der Waals surface area contributed by atoms with Crippen LogP contribution in [0.1, 0.15) is 30.5 Å². The number of rotatable bonds is 6. The monoisotopic (exact) mass is 416 g/mol. The Morgan fingerprint density at radius 2 is 1.90 bits per heavy atom. The minimum atomic E-state index is -3.01. The first-order valence-corrected chi connectivity index (χ1v) is 11.2. The molecule has 1 heterocycles. The van der Waals surface area contributed by atoms with Gasteiger partial charge in [-0.1, -0.05) is 42.5 Å². The highest BCUT2D eigenvalue weighted by Crippen LogP contribution is 2.15. The third-order valence-corrected chi connectivity index (χ3v) is 6.56. The lowest BCUT2D eigenvalue weighted by molar-refractivity contribution is -0.384. The van der Waals surface area contributed by atoms with Crippen LogP contribution in [-0.2, 0) is 16.4 Å². The van der Waals surface area contributed by atoms with E-state index in [4.69, 9.17) is 0 Å². The van der Waals surface area contributed by atoms with E-state index in [-0.39, 0.29) is 29.3 Å². The van der Waals surface area contributed by atoms with Gasteiger partial charge < -0.3 is 10.6 Å². The molecule has 1 saturated heterocycles. The molecule has 1 aliphatic heterocycles. The van der Waals surface area contributed by atoms with E-state index >= 15 is 0 Å². The van der Waals surface area contributed by atoms with E-state index in [0.29, 0.717) is 18.9 Å². The molecule has 2 unspecified atom stereocenters. The van der Waals surface area contributed by atoms with Crippen molar-refractivity contribution in [3.8, 4) is 0 Å². The number of nitrogens with zero attached hydrogens (tertiary/aromatic N) is 2. The van der Waals surface area contributed by atoms with Crippen LogP contribution in [0.2, 0.25) is 0 Å². The number of nitro benzene ring substituents is 1. The summed E-state index contributed by atoms with van der Waals surface area (Å²) in [5.74, 6) is 0.779. The second kappa shape index (κ2) is 9.04. The lowest BCUT2D eigenvalue weighted by Gasteiger charge is -2.21. The Labute approximate surface area is 170 Å². The molecule has 2 aromatic carbocycles. The quantitative estimate of drug-likeness (QED) is 0.324. The molecule has 29 heavy (non-hydrogen) atoms. The second-order valence-electron chi connectivity index (χ2n) is 7.11. The molecule has 8 nitrogen and oxygen atoms in total. The summed E-state index contributed by atoms with van der Waals surface area (Å²) in [5.41, 5.74) is 1.93. The molecule has 0 amide bonds. The summed E-state index contributed by atoms with van der Waals surface area (Å²) < 4.78 is 23.6. The molecule has 0 aliphatic carbocycles. The minimum absolute atomic E-state index is 0.0303. The van der Waals surface area contributed by atoms with Crippen molar-refractivity contribution in [3.05, 3.63) is 75.8 Å². The van der Waals surface area contributed by atoms with Crippen molar-refractivity contribution >= 4 is 21.5 Å². The van der Waals surface area contributed by atoms with Crippen molar-refractivity contribution in [1.82, 2.24) is 10.6 Å². The maximum Gasteiger partial charge on any atom is 0.269 e. The molecule has 2 atom stereocenters. The number of nitrogens with one attached hydrogen (secondary N) is 2. The number of non-ortho nitro benzene ring substituents is 1. The molecule has 1 fully saturated rings. The highest BCUT2D eigenvalue weighted by molar-refractivity contribution is 7.91. The van der Waals surface area contributed by atoms with Gasteiger partial charge in [-0.15, -0.1) is 0 Å². The van der Waals surface area contributed by atoms with Crippen LogP contribution in [0.25, 0.3) is 0 Å². The molecular weight excluding hydrogens is 392 g/mol. The van der Waals surface area contributed by atoms with Gasteiger partial charge in [0.2, 0.25) is 0 Å². The van der Waals surface area contributed by atoms with E-state index in [1.165, 1.54) is 12.1 Å². The molecule has 154 valence electrons. The summed E-state index contributed by atoms with van der Waals surface area (Å²) in [6.45, 7) is 2.32. The number of nitro groups is 1.